The Balaban J connectivity index is 1.65. The fourth-order valence-corrected chi connectivity index (χ4v) is 4.32. The number of carbonyl (C=O) groups excluding carboxylic acids is 2. The van der Waals surface area contributed by atoms with Gasteiger partial charge in [0, 0.05) is 17.8 Å². The number of aryl methyl sites for hydroxylation is 1. The van der Waals surface area contributed by atoms with Gasteiger partial charge in [0.25, 0.3) is 5.91 Å². The van der Waals surface area contributed by atoms with E-state index >= 15 is 0 Å². The zero-order valence-electron chi connectivity index (χ0n) is 18.8. The molecular formula is C23H25Cl2N5O2S. The van der Waals surface area contributed by atoms with Gasteiger partial charge in [0.05, 0.1) is 21.8 Å². The van der Waals surface area contributed by atoms with Crippen molar-refractivity contribution >= 4 is 52.5 Å². The van der Waals surface area contributed by atoms with Crippen LogP contribution in [-0.2, 0) is 11.3 Å². The highest BCUT2D eigenvalue weighted by molar-refractivity contribution is 7.99. The fraction of sp³-hybridized carbons (Fsp3) is 0.304. The van der Waals surface area contributed by atoms with Crippen molar-refractivity contribution in [3.8, 4) is 0 Å². The van der Waals surface area contributed by atoms with Crippen molar-refractivity contribution in [3.05, 3.63) is 69.0 Å². The highest BCUT2D eigenvalue weighted by atomic mass is 35.5. The van der Waals surface area contributed by atoms with Gasteiger partial charge in [0.2, 0.25) is 5.91 Å². The second kappa shape index (κ2) is 11.0. The lowest BCUT2D eigenvalue weighted by molar-refractivity contribution is -0.113. The zero-order chi connectivity index (χ0) is 24.1. The fourth-order valence-electron chi connectivity index (χ4n) is 3.21. The van der Waals surface area contributed by atoms with Crippen molar-refractivity contribution in [1.29, 1.82) is 0 Å². The van der Waals surface area contributed by atoms with Gasteiger partial charge in [-0.15, -0.1) is 10.2 Å². The molecule has 2 N–H and O–H groups in total. The van der Waals surface area contributed by atoms with Crippen LogP contribution < -0.4 is 10.6 Å². The number of hydrogen-bond acceptors (Lipinski definition) is 5. The third-order valence-electron chi connectivity index (χ3n) is 5.19. The average molecular weight is 506 g/mol. The lowest BCUT2D eigenvalue weighted by atomic mass is 10.1. The summed E-state index contributed by atoms with van der Waals surface area (Å²) in [4.78, 5) is 25.1. The minimum Gasteiger partial charge on any atom is -0.342 e. The molecule has 33 heavy (non-hydrogen) atoms. The smallest absolute Gasteiger partial charge is 0.251 e. The lowest BCUT2D eigenvalue weighted by Crippen LogP contribution is -2.28. The molecule has 0 fully saturated rings. The molecule has 0 saturated heterocycles. The SMILES string of the molecule is CCn1c(SCC(=O)Nc2cccc(C)c2C)nnc1[C@@H](C)NC(=O)c1ccc(Cl)c(Cl)c1. The number of amides is 2. The normalized spacial score (nSPS) is 11.8. The average Bonchev–Trinajstić information content (AvgIpc) is 3.20. The minimum absolute atomic E-state index is 0.123. The first-order valence-corrected chi connectivity index (χ1v) is 12.1. The summed E-state index contributed by atoms with van der Waals surface area (Å²) in [5, 5.41) is 15.6. The topological polar surface area (TPSA) is 88.9 Å². The van der Waals surface area contributed by atoms with Gasteiger partial charge in [0.1, 0.15) is 0 Å². The van der Waals surface area contributed by atoms with Gasteiger partial charge in [-0.2, -0.15) is 0 Å². The summed E-state index contributed by atoms with van der Waals surface area (Å²) in [6.07, 6.45) is 0. The number of carbonyl (C=O) groups is 2. The van der Waals surface area contributed by atoms with E-state index in [1.807, 2.05) is 50.5 Å². The van der Waals surface area contributed by atoms with E-state index < -0.39 is 6.04 Å². The molecule has 2 aromatic carbocycles. The van der Waals surface area contributed by atoms with Gasteiger partial charge in [-0.3, -0.25) is 9.59 Å². The molecule has 0 radical (unpaired) electrons. The van der Waals surface area contributed by atoms with Gasteiger partial charge in [-0.25, -0.2) is 0 Å². The Morgan fingerprint density at radius 2 is 1.88 bits per heavy atom. The van der Waals surface area contributed by atoms with E-state index in [1.165, 1.54) is 17.8 Å². The molecule has 7 nitrogen and oxygen atoms in total. The quantitative estimate of drug-likeness (QED) is 0.397. The van der Waals surface area contributed by atoms with E-state index in [4.69, 9.17) is 23.2 Å². The number of benzene rings is 2. The second-order valence-corrected chi connectivity index (χ2v) is 9.25. The molecule has 0 bridgehead atoms. The largest absolute Gasteiger partial charge is 0.342 e. The van der Waals surface area contributed by atoms with Gasteiger partial charge in [-0.05, 0) is 63.1 Å². The number of aromatic nitrogens is 3. The third-order valence-corrected chi connectivity index (χ3v) is 6.90. The van der Waals surface area contributed by atoms with Crippen LogP contribution in [0, 0.1) is 13.8 Å². The van der Waals surface area contributed by atoms with Crippen molar-refractivity contribution < 1.29 is 9.59 Å². The van der Waals surface area contributed by atoms with Crippen LogP contribution in [-0.4, -0.2) is 32.3 Å². The van der Waals surface area contributed by atoms with Crippen molar-refractivity contribution in [2.45, 2.75) is 45.4 Å². The summed E-state index contributed by atoms with van der Waals surface area (Å²) >= 11 is 13.2. The molecule has 0 aliphatic carbocycles. The Morgan fingerprint density at radius 3 is 2.58 bits per heavy atom. The molecule has 0 spiro atoms. The summed E-state index contributed by atoms with van der Waals surface area (Å²) in [6.45, 7) is 8.36. The summed E-state index contributed by atoms with van der Waals surface area (Å²) in [7, 11) is 0. The molecule has 1 atom stereocenters. The highest BCUT2D eigenvalue weighted by Crippen LogP contribution is 2.24. The number of nitrogens with one attached hydrogen (secondary N) is 2. The van der Waals surface area contributed by atoms with Crippen LogP contribution in [0.3, 0.4) is 0 Å². The highest BCUT2D eigenvalue weighted by Gasteiger charge is 2.20. The number of thioether (sulfide) groups is 1. The Morgan fingerprint density at radius 1 is 1.12 bits per heavy atom. The molecule has 3 rings (SSSR count). The van der Waals surface area contributed by atoms with E-state index in [0.717, 1.165) is 16.8 Å². The molecule has 2 amide bonds. The first kappa shape index (κ1) is 25.1. The van der Waals surface area contributed by atoms with Gasteiger partial charge in [-0.1, -0.05) is 47.1 Å². The van der Waals surface area contributed by atoms with E-state index in [0.29, 0.717) is 33.1 Å². The number of halogens is 2. The molecule has 10 heteroatoms. The standard InChI is InChI=1S/C23H25Cl2N5O2S/c1-5-30-21(15(4)26-22(32)16-9-10-17(24)18(25)11-16)28-29-23(30)33-12-20(31)27-19-8-6-7-13(2)14(19)3/h6-11,15H,5,12H2,1-4H3,(H,26,32)(H,27,31)/t15-/m1/s1. The van der Waals surface area contributed by atoms with E-state index in [-0.39, 0.29) is 17.6 Å². The molecular weight excluding hydrogens is 481 g/mol. The molecule has 174 valence electrons. The maximum absolute atomic E-state index is 12.6. The molecule has 1 heterocycles. The van der Waals surface area contributed by atoms with Gasteiger partial charge in [0.15, 0.2) is 11.0 Å². The van der Waals surface area contributed by atoms with Crippen molar-refractivity contribution in [2.24, 2.45) is 0 Å². The Bertz CT molecular complexity index is 1180. The summed E-state index contributed by atoms with van der Waals surface area (Å²) in [6, 6.07) is 10.1. The van der Waals surface area contributed by atoms with Gasteiger partial charge >= 0.3 is 0 Å². The van der Waals surface area contributed by atoms with Crippen LogP contribution in [0.2, 0.25) is 10.0 Å². The second-order valence-electron chi connectivity index (χ2n) is 7.49. The molecule has 3 aromatic rings. The Hall–Kier alpha value is -2.55. The number of hydrogen-bond donors (Lipinski definition) is 2. The van der Waals surface area contributed by atoms with Crippen LogP contribution in [0.4, 0.5) is 5.69 Å². The summed E-state index contributed by atoms with van der Waals surface area (Å²) in [5.41, 5.74) is 3.36. The van der Waals surface area contributed by atoms with Crippen LogP contribution in [0.5, 0.6) is 0 Å². The summed E-state index contributed by atoms with van der Waals surface area (Å²) in [5.74, 6) is 0.370. The van der Waals surface area contributed by atoms with Crippen molar-refractivity contribution in [2.75, 3.05) is 11.1 Å². The molecule has 1 aromatic heterocycles. The zero-order valence-corrected chi connectivity index (χ0v) is 21.1. The summed E-state index contributed by atoms with van der Waals surface area (Å²) < 4.78 is 1.88. The van der Waals surface area contributed by atoms with Gasteiger partial charge < -0.3 is 15.2 Å². The van der Waals surface area contributed by atoms with E-state index in [1.54, 1.807) is 12.1 Å². The van der Waals surface area contributed by atoms with Crippen molar-refractivity contribution in [3.63, 3.8) is 0 Å². The van der Waals surface area contributed by atoms with E-state index in [9.17, 15) is 9.59 Å². The third kappa shape index (κ3) is 6.07. The van der Waals surface area contributed by atoms with Crippen molar-refractivity contribution in [1.82, 2.24) is 20.1 Å². The number of rotatable bonds is 8. The Labute approximate surface area is 207 Å². The maximum atomic E-state index is 12.6. The molecule has 0 aliphatic heterocycles. The molecule has 0 saturated carbocycles. The van der Waals surface area contributed by atoms with E-state index in [2.05, 4.69) is 20.8 Å². The first-order valence-electron chi connectivity index (χ1n) is 10.4. The monoisotopic (exact) mass is 505 g/mol. The Kier molecular flexibility index (Phi) is 8.40. The number of anilines is 1. The lowest BCUT2D eigenvalue weighted by Gasteiger charge is -2.15. The first-order chi connectivity index (χ1) is 15.7. The predicted molar refractivity (Wildman–Crippen MR) is 133 cm³/mol. The van der Waals surface area contributed by atoms with Crippen LogP contribution in [0.1, 0.15) is 47.2 Å². The molecule has 0 unspecified atom stereocenters. The minimum atomic E-state index is -0.405. The van der Waals surface area contributed by atoms with Crippen LogP contribution >= 0.6 is 35.0 Å². The predicted octanol–water partition coefficient (Wildman–Crippen LogP) is 5.44. The maximum Gasteiger partial charge on any atom is 0.251 e. The van der Waals surface area contributed by atoms with Crippen LogP contribution in [0.25, 0.3) is 0 Å². The molecule has 0 aliphatic rings. The number of nitrogens with zero attached hydrogens (tertiary/aromatic N) is 3. The van der Waals surface area contributed by atoms with Crippen LogP contribution in [0.15, 0.2) is 41.6 Å².